The van der Waals surface area contributed by atoms with E-state index >= 15 is 0 Å². The average molecular weight is 286 g/mol. The summed E-state index contributed by atoms with van der Waals surface area (Å²) >= 11 is 0. The van der Waals surface area contributed by atoms with Crippen LogP contribution in [0.4, 0.5) is 0 Å². The summed E-state index contributed by atoms with van der Waals surface area (Å²) in [5, 5.41) is 20.6. The number of halogens is 1. The number of aromatic hydroxyl groups is 1. The lowest BCUT2D eigenvalue weighted by Gasteiger charge is -2.41. The molecule has 1 aliphatic carbocycles. The van der Waals surface area contributed by atoms with E-state index in [0.29, 0.717) is 0 Å². The van der Waals surface area contributed by atoms with E-state index in [4.69, 9.17) is 0 Å². The molecule has 0 amide bonds. The van der Waals surface area contributed by atoms with Crippen molar-refractivity contribution in [2.45, 2.75) is 31.3 Å². The second-order valence-corrected chi connectivity index (χ2v) is 5.68. The quantitative estimate of drug-likeness (QED) is 0.897. The van der Waals surface area contributed by atoms with Gasteiger partial charge in [-0.15, -0.1) is 12.4 Å². The van der Waals surface area contributed by atoms with Crippen LogP contribution in [0.15, 0.2) is 24.3 Å². The van der Waals surface area contributed by atoms with Gasteiger partial charge in [0, 0.05) is 12.5 Å². The summed E-state index contributed by atoms with van der Waals surface area (Å²) in [6.45, 7) is 0.881. The number of hydrogen-bond donors (Lipinski definition) is 2. The maximum Gasteiger partial charge on any atom is 0.115 e. The van der Waals surface area contributed by atoms with Crippen LogP contribution in [-0.4, -0.2) is 35.8 Å². The van der Waals surface area contributed by atoms with Crippen LogP contribution in [0, 0.1) is 5.92 Å². The van der Waals surface area contributed by atoms with Crippen molar-refractivity contribution in [2.75, 3.05) is 20.6 Å². The van der Waals surface area contributed by atoms with Crippen LogP contribution >= 0.6 is 12.4 Å². The molecule has 0 aromatic heterocycles. The Morgan fingerprint density at radius 3 is 2.68 bits per heavy atom. The Labute approximate surface area is 121 Å². The third kappa shape index (κ3) is 3.62. The second-order valence-electron chi connectivity index (χ2n) is 5.68. The van der Waals surface area contributed by atoms with E-state index in [2.05, 4.69) is 4.90 Å². The molecule has 0 spiro atoms. The Morgan fingerprint density at radius 2 is 2.05 bits per heavy atom. The topological polar surface area (TPSA) is 43.7 Å². The van der Waals surface area contributed by atoms with Crippen LogP contribution < -0.4 is 0 Å². The zero-order valence-electron chi connectivity index (χ0n) is 11.7. The fourth-order valence-corrected chi connectivity index (χ4v) is 3.07. The molecule has 1 fully saturated rings. The molecule has 2 rings (SSSR count). The van der Waals surface area contributed by atoms with Crippen LogP contribution in [0.2, 0.25) is 0 Å². The fourth-order valence-electron chi connectivity index (χ4n) is 3.07. The van der Waals surface area contributed by atoms with Crippen LogP contribution in [-0.2, 0) is 5.60 Å². The lowest BCUT2D eigenvalue weighted by atomic mass is 9.71. The van der Waals surface area contributed by atoms with Gasteiger partial charge in [-0.05, 0) is 44.6 Å². The largest absolute Gasteiger partial charge is 0.508 e. The standard InChI is InChI=1S/C15H23NO2.ClH/c1-16(2)11-13-6-3-4-9-15(13,18)12-7-5-8-14(17)10-12;/h5,7-8,10,13,17-18H,3-4,6,9,11H2,1-2H3;1H/t13?,15-;/m1./s1. The molecule has 2 atom stereocenters. The number of rotatable bonds is 3. The first-order valence-corrected chi connectivity index (χ1v) is 6.69. The molecule has 1 aromatic rings. The molecule has 3 nitrogen and oxygen atoms in total. The van der Waals surface area contributed by atoms with Gasteiger partial charge < -0.3 is 15.1 Å². The molecule has 4 heteroatoms. The summed E-state index contributed by atoms with van der Waals surface area (Å²) in [4.78, 5) is 2.13. The SMILES string of the molecule is CN(C)CC1CCCC[C@@]1(O)c1cccc(O)c1.Cl. The lowest BCUT2D eigenvalue weighted by Crippen LogP contribution is -2.43. The minimum atomic E-state index is -0.790. The first kappa shape index (κ1) is 16.3. The highest BCUT2D eigenvalue weighted by Crippen LogP contribution is 2.42. The second kappa shape index (κ2) is 6.60. The molecule has 0 aliphatic heterocycles. The number of phenols is 1. The highest BCUT2D eigenvalue weighted by Gasteiger charge is 2.40. The molecule has 1 aromatic carbocycles. The molecule has 0 heterocycles. The van der Waals surface area contributed by atoms with Gasteiger partial charge >= 0.3 is 0 Å². The monoisotopic (exact) mass is 285 g/mol. The van der Waals surface area contributed by atoms with Crippen LogP contribution in [0.5, 0.6) is 5.75 Å². The highest BCUT2D eigenvalue weighted by atomic mass is 35.5. The van der Waals surface area contributed by atoms with Gasteiger partial charge in [0.05, 0.1) is 5.60 Å². The van der Waals surface area contributed by atoms with Gasteiger partial charge in [0.25, 0.3) is 0 Å². The lowest BCUT2D eigenvalue weighted by molar-refractivity contribution is -0.0619. The molecular weight excluding hydrogens is 262 g/mol. The van der Waals surface area contributed by atoms with E-state index < -0.39 is 5.60 Å². The average Bonchev–Trinajstić information content (AvgIpc) is 2.32. The number of benzene rings is 1. The summed E-state index contributed by atoms with van der Waals surface area (Å²) in [6, 6.07) is 7.09. The summed E-state index contributed by atoms with van der Waals surface area (Å²) in [5.41, 5.74) is 0.0652. The van der Waals surface area contributed by atoms with Gasteiger partial charge in [-0.25, -0.2) is 0 Å². The van der Waals surface area contributed by atoms with Crippen molar-refractivity contribution < 1.29 is 10.2 Å². The first-order valence-electron chi connectivity index (χ1n) is 6.69. The van der Waals surface area contributed by atoms with Crippen molar-refractivity contribution in [2.24, 2.45) is 5.92 Å². The van der Waals surface area contributed by atoms with Crippen LogP contribution in [0.3, 0.4) is 0 Å². The Bertz CT molecular complexity index is 411. The van der Waals surface area contributed by atoms with Gasteiger partial charge in [0.2, 0.25) is 0 Å². The van der Waals surface area contributed by atoms with Gasteiger partial charge in [0.1, 0.15) is 5.75 Å². The van der Waals surface area contributed by atoms with Crippen molar-refractivity contribution in [3.8, 4) is 5.75 Å². The number of hydrogen-bond acceptors (Lipinski definition) is 3. The van der Waals surface area contributed by atoms with E-state index in [9.17, 15) is 10.2 Å². The molecule has 19 heavy (non-hydrogen) atoms. The molecular formula is C15H24ClNO2. The number of aliphatic hydroxyl groups is 1. The Kier molecular flexibility index (Phi) is 5.65. The Morgan fingerprint density at radius 1 is 1.32 bits per heavy atom. The summed E-state index contributed by atoms with van der Waals surface area (Å²) in [7, 11) is 4.08. The molecule has 0 radical (unpaired) electrons. The van der Waals surface area contributed by atoms with Crippen molar-refractivity contribution in [1.29, 1.82) is 0 Å². The zero-order valence-corrected chi connectivity index (χ0v) is 12.5. The molecule has 0 saturated heterocycles. The van der Waals surface area contributed by atoms with Gasteiger partial charge in [-0.1, -0.05) is 25.0 Å². The van der Waals surface area contributed by atoms with E-state index in [-0.39, 0.29) is 24.1 Å². The number of phenolic OH excluding ortho intramolecular Hbond substituents is 1. The Balaban J connectivity index is 0.00000180. The third-order valence-electron chi connectivity index (χ3n) is 3.97. The maximum atomic E-state index is 11.0. The number of nitrogens with zero attached hydrogens (tertiary/aromatic N) is 1. The van der Waals surface area contributed by atoms with Crippen molar-refractivity contribution in [3.63, 3.8) is 0 Å². The molecule has 108 valence electrons. The zero-order chi connectivity index (χ0) is 13.2. The summed E-state index contributed by atoms with van der Waals surface area (Å²) < 4.78 is 0. The predicted molar refractivity (Wildman–Crippen MR) is 79.8 cm³/mol. The van der Waals surface area contributed by atoms with Crippen molar-refractivity contribution >= 4 is 12.4 Å². The molecule has 1 unspecified atom stereocenters. The minimum Gasteiger partial charge on any atom is -0.508 e. The van der Waals surface area contributed by atoms with Gasteiger partial charge in [0.15, 0.2) is 0 Å². The van der Waals surface area contributed by atoms with Crippen molar-refractivity contribution in [3.05, 3.63) is 29.8 Å². The van der Waals surface area contributed by atoms with E-state index in [1.807, 2.05) is 26.2 Å². The highest BCUT2D eigenvalue weighted by molar-refractivity contribution is 5.85. The van der Waals surface area contributed by atoms with Gasteiger partial charge in [-0.3, -0.25) is 0 Å². The summed E-state index contributed by atoms with van der Waals surface area (Å²) in [6.07, 6.45) is 4.06. The smallest absolute Gasteiger partial charge is 0.115 e. The van der Waals surface area contributed by atoms with Crippen LogP contribution in [0.1, 0.15) is 31.2 Å². The van der Waals surface area contributed by atoms with Crippen LogP contribution in [0.25, 0.3) is 0 Å². The van der Waals surface area contributed by atoms with Crippen molar-refractivity contribution in [1.82, 2.24) is 4.90 Å². The minimum absolute atomic E-state index is 0. The predicted octanol–water partition coefficient (Wildman–Crippen LogP) is 2.75. The third-order valence-corrected chi connectivity index (χ3v) is 3.97. The normalized spacial score (nSPS) is 27.1. The molecule has 1 saturated carbocycles. The van der Waals surface area contributed by atoms with E-state index in [0.717, 1.165) is 31.4 Å². The van der Waals surface area contributed by atoms with E-state index in [1.165, 1.54) is 6.42 Å². The molecule has 2 N–H and O–H groups in total. The first-order chi connectivity index (χ1) is 8.52. The maximum absolute atomic E-state index is 11.0. The summed E-state index contributed by atoms with van der Waals surface area (Å²) in [5.74, 6) is 0.471. The molecule has 0 bridgehead atoms. The fraction of sp³-hybridized carbons (Fsp3) is 0.600. The van der Waals surface area contributed by atoms with E-state index in [1.54, 1.807) is 12.1 Å². The molecule has 1 aliphatic rings. The Hall–Kier alpha value is -0.770. The van der Waals surface area contributed by atoms with Gasteiger partial charge in [-0.2, -0.15) is 0 Å².